The summed E-state index contributed by atoms with van der Waals surface area (Å²) >= 11 is 0. The van der Waals surface area contributed by atoms with E-state index in [1.165, 1.54) is 6.08 Å². The summed E-state index contributed by atoms with van der Waals surface area (Å²) in [6.45, 7) is 8.07. The Labute approximate surface area is 150 Å². The molecule has 0 bridgehead atoms. The first kappa shape index (κ1) is 20.1. The minimum absolute atomic E-state index is 0.220. The van der Waals surface area contributed by atoms with Crippen molar-refractivity contribution in [1.82, 2.24) is 0 Å². The van der Waals surface area contributed by atoms with E-state index in [9.17, 15) is 19.8 Å². The Morgan fingerprint density at radius 1 is 1.20 bits per heavy atom. The predicted molar refractivity (Wildman–Crippen MR) is 95.0 cm³/mol. The van der Waals surface area contributed by atoms with E-state index in [1.54, 1.807) is 6.92 Å². The summed E-state index contributed by atoms with van der Waals surface area (Å²) in [5, 5.41) is 30.4. The number of aliphatic hydroxyl groups excluding tert-OH is 1. The summed E-state index contributed by atoms with van der Waals surface area (Å²) in [6.07, 6.45) is 5.17. The van der Waals surface area contributed by atoms with Gasteiger partial charge in [0.2, 0.25) is 0 Å². The molecule has 0 aliphatic heterocycles. The van der Waals surface area contributed by atoms with Crippen LogP contribution in [0.25, 0.3) is 0 Å². The number of aliphatic hydroxyl groups is 2. The molecule has 0 aromatic carbocycles. The number of carboxylic acid groups (broad SMARTS) is 1. The first-order valence-corrected chi connectivity index (χ1v) is 9.24. The molecule has 0 aromatic rings. The molecule has 3 N–H and O–H groups in total. The second kappa shape index (κ2) is 6.84. The van der Waals surface area contributed by atoms with Crippen molar-refractivity contribution >= 4 is 12.3 Å². The average molecular weight is 352 g/mol. The molecular weight excluding hydrogens is 320 g/mol. The highest BCUT2D eigenvalue weighted by Crippen LogP contribution is 2.62. The fourth-order valence-corrected chi connectivity index (χ4v) is 5.69. The Hall–Kier alpha value is -1.20. The minimum Gasteiger partial charge on any atom is -0.478 e. The number of allylic oxidation sites excluding steroid dienone is 1. The molecule has 0 aromatic heterocycles. The molecule has 142 valence electrons. The fraction of sp³-hybridized carbons (Fsp3) is 0.800. The monoisotopic (exact) mass is 352 g/mol. The van der Waals surface area contributed by atoms with Crippen molar-refractivity contribution in [3.63, 3.8) is 0 Å². The minimum atomic E-state index is -1.37. The van der Waals surface area contributed by atoms with Gasteiger partial charge in [0.25, 0.3) is 0 Å². The van der Waals surface area contributed by atoms with Gasteiger partial charge in [-0.1, -0.05) is 26.3 Å². The van der Waals surface area contributed by atoms with Crippen LogP contribution in [0.1, 0.15) is 66.2 Å². The van der Waals surface area contributed by atoms with Crippen molar-refractivity contribution in [1.29, 1.82) is 0 Å². The van der Waals surface area contributed by atoms with Crippen LogP contribution in [0.3, 0.4) is 0 Å². The van der Waals surface area contributed by atoms with Gasteiger partial charge >= 0.3 is 5.97 Å². The van der Waals surface area contributed by atoms with Crippen LogP contribution in [0, 0.1) is 22.7 Å². The van der Waals surface area contributed by atoms with Gasteiger partial charge in [-0.05, 0) is 62.2 Å². The van der Waals surface area contributed by atoms with Gasteiger partial charge in [-0.2, -0.15) is 0 Å². The molecule has 0 heterocycles. The van der Waals surface area contributed by atoms with Gasteiger partial charge in [-0.3, -0.25) is 0 Å². The quantitative estimate of drug-likeness (QED) is 0.522. The van der Waals surface area contributed by atoms with Crippen LogP contribution in [-0.4, -0.2) is 39.3 Å². The van der Waals surface area contributed by atoms with E-state index in [1.807, 2.05) is 0 Å². The molecule has 2 saturated carbocycles. The largest absolute Gasteiger partial charge is 0.478 e. The molecule has 25 heavy (non-hydrogen) atoms. The Morgan fingerprint density at radius 2 is 1.84 bits per heavy atom. The second-order valence-electron chi connectivity index (χ2n) is 9.00. The van der Waals surface area contributed by atoms with Crippen LogP contribution < -0.4 is 0 Å². The number of carbonyl (C=O) groups excluding carboxylic acids is 1. The molecule has 5 atom stereocenters. The van der Waals surface area contributed by atoms with Crippen LogP contribution >= 0.6 is 0 Å². The van der Waals surface area contributed by atoms with E-state index in [0.717, 1.165) is 18.4 Å². The molecule has 0 saturated heterocycles. The van der Waals surface area contributed by atoms with Gasteiger partial charge in [0.1, 0.15) is 5.60 Å². The Morgan fingerprint density at radius 3 is 2.40 bits per heavy atom. The third-order valence-corrected chi connectivity index (χ3v) is 7.14. The molecule has 5 heteroatoms. The van der Waals surface area contributed by atoms with Crippen molar-refractivity contribution < 1.29 is 24.9 Å². The van der Waals surface area contributed by atoms with E-state index in [2.05, 4.69) is 20.8 Å². The van der Waals surface area contributed by atoms with Gasteiger partial charge < -0.3 is 20.1 Å². The second-order valence-corrected chi connectivity index (χ2v) is 9.00. The van der Waals surface area contributed by atoms with Gasteiger partial charge in [-0.15, -0.1) is 0 Å². The lowest BCUT2D eigenvalue weighted by Gasteiger charge is -2.62. The summed E-state index contributed by atoms with van der Waals surface area (Å²) in [5.74, 6) is -0.990. The number of carbonyl (C=O) groups is 2. The van der Waals surface area contributed by atoms with Crippen molar-refractivity contribution in [3.8, 4) is 0 Å². The van der Waals surface area contributed by atoms with Crippen LogP contribution in [0.5, 0.6) is 0 Å². The molecule has 0 spiro atoms. The maximum atomic E-state index is 11.7. The number of carboxylic acids is 1. The number of hydrogen-bond acceptors (Lipinski definition) is 4. The highest BCUT2D eigenvalue weighted by atomic mass is 16.4. The maximum Gasteiger partial charge on any atom is 0.328 e. The van der Waals surface area contributed by atoms with Gasteiger partial charge in [0, 0.05) is 12.0 Å². The number of aliphatic carboxylic acids is 1. The number of fused-ring (bicyclic) bond motifs is 1. The lowest BCUT2D eigenvalue weighted by atomic mass is 9.44. The lowest BCUT2D eigenvalue weighted by Crippen LogP contribution is -2.61. The first-order chi connectivity index (χ1) is 11.5. The molecule has 0 radical (unpaired) electrons. The van der Waals surface area contributed by atoms with Crippen molar-refractivity contribution in [2.45, 2.75) is 77.9 Å². The highest BCUT2D eigenvalue weighted by Gasteiger charge is 2.61. The van der Waals surface area contributed by atoms with E-state index in [4.69, 9.17) is 5.11 Å². The predicted octanol–water partition coefficient (Wildman–Crippen LogP) is 2.94. The summed E-state index contributed by atoms with van der Waals surface area (Å²) in [6, 6.07) is 0. The third kappa shape index (κ3) is 3.54. The number of aldehydes is 1. The zero-order valence-electron chi connectivity index (χ0n) is 15.8. The molecule has 2 aliphatic carbocycles. The topological polar surface area (TPSA) is 94.8 Å². The maximum absolute atomic E-state index is 11.7. The third-order valence-electron chi connectivity index (χ3n) is 7.14. The molecule has 2 aliphatic rings. The Kier molecular flexibility index (Phi) is 5.50. The zero-order valence-corrected chi connectivity index (χ0v) is 15.8. The zero-order chi connectivity index (χ0) is 19.0. The lowest BCUT2D eigenvalue weighted by molar-refractivity contribution is -0.196. The standard InChI is InChI=1S/C20H32O5/c1-13(11-17(23)24)5-6-15-19(4)9-8-16(22)18(2,3)14(19)7-10-20(15,25)12-21/h11-12,14-16,22,25H,5-10H2,1-4H3,(H,23,24)/b13-11-/t14-,15+,16-,19-,20+/m1/s1. The molecule has 0 amide bonds. The number of hydrogen-bond donors (Lipinski definition) is 3. The molecule has 5 nitrogen and oxygen atoms in total. The van der Waals surface area contributed by atoms with Gasteiger partial charge in [-0.25, -0.2) is 4.79 Å². The molecule has 0 unspecified atom stereocenters. The van der Waals surface area contributed by atoms with Gasteiger partial charge in [0.05, 0.1) is 6.10 Å². The van der Waals surface area contributed by atoms with Crippen molar-refractivity contribution in [3.05, 3.63) is 11.6 Å². The SMILES string of the molecule is C/C(=C/C(=O)O)CC[C@H]1[C@]2(C)CC[C@@H](O)C(C)(C)[C@H]2CC[C@]1(O)C=O. The van der Waals surface area contributed by atoms with Crippen molar-refractivity contribution in [2.24, 2.45) is 22.7 Å². The molecule has 2 rings (SSSR count). The van der Waals surface area contributed by atoms with Crippen LogP contribution in [0.2, 0.25) is 0 Å². The van der Waals surface area contributed by atoms with Crippen molar-refractivity contribution in [2.75, 3.05) is 0 Å². The first-order valence-electron chi connectivity index (χ1n) is 9.24. The van der Waals surface area contributed by atoms with Gasteiger partial charge in [0.15, 0.2) is 6.29 Å². The molecule has 2 fully saturated rings. The van der Waals surface area contributed by atoms with E-state index in [0.29, 0.717) is 32.0 Å². The smallest absolute Gasteiger partial charge is 0.328 e. The summed E-state index contributed by atoms with van der Waals surface area (Å²) in [7, 11) is 0. The van der Waals surface area contributed by atoms with Crippen LogP contribution in [-0.2, 0) is 9.59 Å². The Bertz CT molecular complexity index is 566. The average Bonchev–Trinajstić information content (AvgIpc) is 2.50. The van der Waals surface area contributed by atoms with E-state index in [-0.39, 0.29) is 28.8 Å². The summed E-state index contributed by atoms with van der Waals surface area (Å²) < 4.78 is 0. The normalized spacial score (nSPS) is 41.0. The molecular formula is C20H32O5. The summed E-state index contributed by atoms with van der Waals surface area (Å²) in [5.41, 5.74) is -1.14. The van der Waals surface area contributed by atoms with Crippen LogP contribution in [0.15, 0.2) is 11.6 Å². The Balaban J connectivity index is 2.34. The van der Waals surface area contributed by atoms with E-state index >= 15 is 0 Å². The fourth-order valence-electron chi connectivity index (χ4n) is 5.69. The van der Waals surface area contributed by atoms with E-state index < -0.39 is 11.6 Å². The number of rotatable bonds is 5. The van der Waals surface area contributed by atoms with Crippen LogP contribution in [0.4, 0.5) is 0 Å². The highest BCUT2D eigenvalue weighted by molar-refractivity contribution is 5.80. The summed E-state index contributed by atoms with van der Waals surface area (Å²) in [4.78, 5) is 22.6.